The van der Waals surface area contributed by atoms with Crippen LogP contribution >= 0.6 is 0 Å². The number of carbonyl (C=O) groups is 1. The summed E-state index contributed by atoms with van der Waals surface area (Å²) in [7, 11) is 0. The maximum Gasteiger partial charge on any atom is 0.436 e. The predicted octanol–water partition coefficient (Wildman–Crippen LogP) is 0.0986. The monoisotopic (exact) mass is 161 g/mol. The molecule has 1 heterocycles. The van der Waals surface area contributed by atoms with Gasteiger partial charge in [0.1, 0.15) is 0 Å². The fraction of sp³-hybridized carbons (Fsp3) is 0.833. The molecule has 0 spiro atoms. The Kier molecular flexibility index (Phi) is 2.67. The van der Waals surface area contributed by atoms with Gasteiger partial charge in [-0.05, 0) is 6.92 Å². The third kappa shape index (κ3) is 1.81. The zero-order chi connectivity index (χ0) is 8.27. The van der Waals surface area contributed by atoms with Gasteiger partial charge in [-0.15, -0.1) is 0 Å². The fourth-order valence-electron chi connectivity index (χ4n) is 0.821. The van der Waals surface area contributed by atoms with E-state index in [9.17, 15) is 4.79 Å². The summed E-state index contributed by atoms with van der Waals surface area (Å²) in [5.74, 6) is 0. The molecule has 1 amide bonds. The van der Waals surface area contributed by atoms with E-state index in [-0.39, 0.29) is 6.61 Å². The van der Waals surface area contributed by atoms with Crippen LogP contribution in [0.5, 0.6) is 0 Å². The predicted molar refractivity (Wildman–Crippen MR) is 35.4 cm³/mol. The molecule has 0 aromatic heterocycles. The standard InChI is InChI=1S/C6H11NO4/c1-2-10-6(9)7-5(8)3-4-11-7/h5,8H,2-4H2,1H3. The number of ether oxygens (including phenoxy) is 1. The molecule has 1 atom stereocenters. The summed E-state index contributed by atoms with van der Waals surface area (Å²) in [6.07, 6.45) is -1.04. The number of rotatable bonds is 1. The fourth-order valence-corrected chi connectivity index (χ4v) is 0.821. The van der Waals surface area contributed by atoms with Crippen LogP contribution in [-0.2, 0) is 9.57 Å². The molecule has 1 aliphatic heterocycles. The van der Waals surface area contributed by atoms with Crippen molar-refractivity contribution in [2.45, 2.75) is 19.6 Å². The molecule has 5 nitrogen and oxygen atoms in total. The Morgan fingerprint density at radius 2 is 2.64 bits per heavy atom. The van der Waals surface area contributed by atoms with E-state index in [0.29, 0.717) is 13.0 Å². The largest absolute Gasteiger partial charge is 0.448 e. The molecule has 11 heavy (non-hydrogen) atoms. The quantitative estimate of drug-likeness (QED) is 0.592. The number of hydrogen-bond acceptors (Lipinski definition) is 4. The van der Waals surface area contributed by atoms with Gasteiger partial charge < -0.3 is 9.84 Å². The molecule has 1 rings (SSSR count). The molecule has 64 valence electrons. The molecule has 1 saturated heterocycles. The van der Waals surface area contributed by atoms with E-state index in [4.69, 9.17) is 9.94 Å². The Labute approximate surface area is 64.5 Å². The van der Waals surface area contributed by atoms with E-state index in [2.05, 4.69) is 4.74 Å². The zero-order valence-corrected chi connectivity index (χ0v) is 6.32. The minimum absolute atomic E-state index is 0.283. The normalized spacial score (nSPS) is 23.8. The molecule has 0 saturated carbocycles. The Hall–Kier alpha value is -0.810. The Bertz CT molecular complexity index is 150. The number of aliphatic hydroxyl groups excluding tert-OH is 1. The molecule has 0 radical (unpaired) electrons. The van der Waals surface area contributed by atoms with Gasteiger partial charge in [0.25, 0.3) is 0 Å². The minimum Gasteiger partial charge on any atom is -0.448 e. The molecule has 1 unspecified atom stereocenters. The average molecular weight is 161 g/mol. The van der Waals surface area contributed by atoms with Gasteiger partial charge in [0.05, 0.1) is 13.2 Å². The highest BCUT2D eigenvalue weighted by Gasteiger charge is 2.29. The lowest BCUT2D eigenvalue weighted by Gasteiger charge is -2.16. The lowest BCUT2D eigenvalue weighted by Crippen LogP contribution is -2.34. The minimum atomic E-state index is -0.853. The van der Waals surface area contributed by atoms with Crippen LogP contribution in [0.15, 0.2) is 0 Å². The Balaban J connectivity index is 2.39. The van der Waals surface area contributed by atoms with Gasteiger partial charge >= 0.3 is 6.09 Å². The average Bonchev–Trinajstić information content (AvgIpc) is 2.36. The summed E-state index contributed by atoms with van der Waals surface area (Å²) in [4.78, 5) is 15.7. The topological polar surface area (TPSA) is 59.0 Å². The summed E-state index contributed by atoms with van der Waals surface area (Å²) in [5.41, 5.74) is 0. The number of carbonyl (C=O) groups excluding carboxylic acids is 1. The van der Waals surface area contributed by atoms with Crippen LogP contribution in [0.4, 0.5) is 4.79 Å². The molecule has 1 N–H and O–H groups in total. The third-order valence-electron chi connectivity index (χ3n) is 1.32. The van der Waals surface area contributed by atoms with Crippen molar-refractivity contribution in [2.75, 3.05) is 13.2 Å². The number of hydroxylamine groups is 2. The van der Waals surface area contributed by atoms with Crippen molar-refractivity contribution < 1.29 is 19.5 Å². The second-order valence-corrected chi connectivity index (χ2v) is 2.13. The first-order valence-corrected chi connectivity index (χ1v) is 3.52. The summed E-state index contributed by atoms with van der Waals surface area (Å²) in [6.45, 7) is 2.34. The molecule has 5 heteroatoms. The smallest absolute Gasteiger partial charge is 0.436 e. The van der Waals surface area contributed by atoms with Crippen LogP contribution in [0.3, 0.4) is 0 Å². The highest BCUT2D eigenvalue weighted by molar-refractivity contribution is 5.66. The molecule has 0 aliphatic carbocycles. The zero-order valence-electron chi connectivity index (χ0n) is 6.32. The molecule has 1 aliphatic rings. The second-order valence-electron chi connectivity index (χ2n) is 2.13. The SMILES string of the molecule is CCOC(=O)N1OCCC1O. The van der Waals surface area contributed by atoms with E-state index < -0.39 is 12.3 Å². The maximum absolute atomic E-state index is 10.9. The second kappa shape index (κ2) is 3.54. The van der Waals surface area contributed by atoms with Crippen molar-refractivity contribution in [3.63, 3.8) is 0 Å². The van der Waals surface area contributed by atoms with Crippen LogP contribution in [0.2, 0.25) is 0 Å². The van der Waals surface area contributed by atoms with E-state index in [1.165, 1.54) is 0 Å². The first-order chi connectivity index (χ1) is 5.25. The number of aliphatic hydroxyl groups is 1. The van der Waals surface area contributed by atoms with Crippen LogP contribution in [0.25, 0.3) is 0 Å². The molecule has 0 bridgehead atoms. The van der Waals surface area contributed by atoms with E-state index >= 15 is 0 Å². The van der Waals surface area contributed by atoms with Crippen molar-refractivity contribution in [1.29, 1.82) is 0 Å². The van der Waals surface area contributed by atoms with Crippen molar-refractivity contribution >= 4 is 6.09 Å². The molecule has 0 aromatic rings. The van der Waals surface area contributed by atoms with Crippen LogP contribution in [0, 0.1) is 0 Å². The summed E-state index contributed by atoms with van der Waals surface area (Å²) < 4.78 is 4.60. The molecule has 0 aromatic carbocycles. The lowest BCUT2D eigenvalue weighted by atomic mass is 10.4. The summed E-state index contributed by atoms with van der Waals surface area (Å²) in [5, 5.41) is 9.94. The first kappa shape index (κ1) is 8.29. The number of amides is 1. The van der Waals surface area contributed by atoms with Gasteiger partial charge in [-0.3, -0.25) is 4.84 Å². The maximum atomic E-state index is 10.9. The highest BCUT2D eigenvalue weighted by Crippen LogP contribution is 2.12. The summed E-state index contributed by atoms with van der Waals surface area (Å²) >= 11 is 0. The van der Waals surface area contributed by atoms with Gasteiger partial charge in [-0.2, -0.15) is 5.06 Å². The van der Waals surface area contributed by atoms with E-state index in [1.54, 1.807) is 6.92 Å². The van der Waals surface area contributed by atoms with Crippen LogP contribution in [0.1, 0.15) is 13.3 Å². The van der Waals surface area contributed by atoms with Gasteiger partial charge in [-0.1, -0.05) is 0 Å². The van der Waals surface area contributed by atoms with Crippen LogP contribution in [-0.4, -0.2) is 35.7 Å². The van der Waals surface area contributed by atoms with Crippen molar-refractivity contribution in [1.82, 2.24) is 5.06 Å². The van der Waals surface area contributed by atoms with Crippen molar-refractivity contribution in [2.24, 2.45) is 0 Å². The van der Waals surface area contributed by atoms with Gasteiger partial charge in [0, 0.05) is 6.42 Å². The van der Waals surface area contributed by atoms with E-state index in [0.717, 1.165) is 5.06 Å². The van der Waals surface area contributed by atoms with Crippen LogP contribution < -0.4 is 0 Å². The lowest BCUT2D eigenvalue weighted by molar-refractivity contribution is -0.154. The van der Waals surface area contributed by atoms with Crippen molar-refractivity contribution in [3.05, 3.63) is 0 Å². The van der Waals surface area contributed by atoms with Crippen molar-refractivity contribution in [3.8, 4) is 0 Å². The molecular weight excluding hydrogens is 150 g/mol. The van der Waals surface area contributed by atoms with Gasteiger partial charge in [0.2, 0.25) is 0 Å². The summed E-state index contributed by atoms with van der Waals surface area (Å²) in [6, 6.07) is 0. The number of nitrogens with zero attached hydrogens (tertiary/aromatic N) is 1. The Morgan fingerprint density at radius 1 is 1.91 bits per heavy atom. The third-order valence-corrected chi connectivity index (χ3v) is 1.32. The van der Waals surface area contributed by atoms with Gasteiger partial charge in [-0.25, -0.2) is 4.79 Å². The Morgan fingerprint density at radius 3 is 3.09 bits per heavy atom. The van der Waals surface area contributed by atoms with Gasteiger partial charge in [0.15, 0.2) is 6.23 Å². The molecule has 1 fully saturated rings. The number of hydrogen-bond donors (Lipinski definition) is 1. The highest BCUT2D eigenvalue weighted by atomic mass is 16.7. The van der Waals surface area contributed by atoms with E-state index in [1.807, 2.05) is 0 Å². The molecular formula is C6H11NO4. The first-order valence-electron chi connectivity index (χ1n) is 3.52.